The van der Waals surface area contributed by atoms with E-state index < -0.39 is 23.8 Å². The summed E-state index contributed by atoms with van der Waals surface area (Å²) < 4.78 is 26.0. The van der Waals surface area contributed by atoms with E-state index in [1.54, 1.807) is 31.2 Å². The average molecular weight is 293 g/mol. The van der Waals surface area contributed by atoms with Crippen LogP contribution in [0.5, 0.6) is 5.75 Å². The van der Waals surface area contributed by atoms with Crippen molar-refractivity contribution in [2.24, 2.45) is 0 Å². The Balaban J connectivity index is 2.01. The summed E-state index contributed by atoms with van der Waals surface area (Å²) in [4.78, 5) is 0. The molecule has 0 aliphatic rings. The number of phenolic OH excluding ortho intramolecular Hbond substituents is 1. The van der Waals surface area contributed by atoms with Gasteiger partial charge in [-0.25, -0.2) is 8.78 Å². The van der Waals surface area contributed by atoms with E-state index in [4.69, 9.17) is 0 Å². The van der Waals surface area contributed by atoms with Gasteiger partial charge in [-0.1, -0.05) is 24.3 Å². The van der Waals surface area contributed by atoms with E-state index in [-0.39, 0.29) is 5.75 Å². The highest BCUT2D eigenvalue weighted by molar-refractivity contribution is 5.31. The van der Waals surface area contributed by atoms with Gasteiger partial charge in [0.1, 0.15) is 5.75 Å². The van der Waals surface area contributed by atoms with E-state index in [2.05, 4.69) is 5.32 Å². The molecule has 0 aliphatic carbocycles. The Morgan fingerprint density at radius 1 is 1.10 bits per heavy atom. The smallest absolute Gasteiger partial charge is 0.159 e. The predicted octanol–water partition coefficient (Wildman–Crippen LogP) is 2.88. The van der Waals surface area contributed by atoms with Gasteiger partial charge in [0.15, 0.2) is 11.6 Å². The largest absolute Gasteiger partial charge is 0.508 e. The third kappa shape index (κ3) is 3.77. The zero-order chi connectivity index (χ0) is 15.4. The molecule has 0 spiro atoms. The second kappa shape index (κ2) is 6.65. The fourth-order valence-electron chi connectivity index (χ4n) is 2.03. The van der Waals surface area contributed by atoms with Gasteiger partial charge in [-0.3, -0.25) is 0 Å². The number of aliphatic hydroxyl groups is 1. The topological polar surface area (TPSA) is 52.5 Å². The number of halogens is 2. The van der Waals surface area contributed by atoms with Crippen LogP contribution in [0, 0.1) is 11.6 Å². The minimum absolute atomic E-state index is 0.166. The normalized spacial score (nSPS) is 13.9. The standard InChI is InChI=1S/C16H17F2NO2/c1-10(19-9-12-4-2-3-5-15(12)20)16(21)11-6-7-13(17)14(18)8-11/h2-8,10,16,19-21H,9H2,1H3. The van der Waals surface area contributed by atoms with E-state index in [0.29, 0.717) is 17.7 Å². The first-order valence-corrected chi connectivity index (χ1v) is 6.62. The minimum Gasteiger partial charge on any atom is -0.508 e. The zero-order valence-corrected chi connectivity index (χ0v) is 11.6. The highest BCUT2D eigenvalue weighted by Crippen LogP contribution is 2.21. The van der Waals surface area contributed by atoms with Gasteiger partial charge >= 0.3 is 0 Å². The minimum atomic E-state index is -0.987. The second-order valence-corrected chi connectivity index (χ2v) is 4.92. The van der Waals surface area contributed by atoms with Crippen molar-refractivity contribution < 1.29 is 19.0 Å². The summed E-state index contributed by atoms with van der Waals surface area (Å²) in [5, 5.41) is 22.8. The van der Waals surface area contributed by atoms with Gasteiger partial charge in [0.2, 0.25) is 0 Å². The zero-order valence-electron chi connectivity index (χ0n) is 11.6. The lowest BCUT2D eigenvalue weighted by Crippen LogP contribution is -2.31. The first-order chi connectivity index (χ1) is 9.99. The Morgan fingerprint density at radius 2 is 1.81 bits per heavy atom. The molecule has 0 bridgehead atoms. The molecular weight excluding hydrogens is 276 g/mol. The highest BCUT2D eigenvalue weighted by atomic mass is 19.2. The third-order valence-electron chi connectivity index (χ3n) is 3.36. The fraction of sp³-hybridized carbons (Fsp3) is 0.250. The molecule has 112 valence electrons. The lowest BCUT2D eigenvalue weighted by atomic mass is 10.0. The van der Waals surface area contributed by atoms with Crippen LogP contribution in [0.15, 0.2) is 42.5 Å². The molecule has 0 aliphatic heterocycles. The van der Waals surface area contributed by atoms with Crippen molar-refractivity contribution in [2.45, 2.75) is 25.6 Å². The monoisotopic (exact) mass is 293 g/mol. The Morgan fingerprint density at radius 3 is 2.48 bits per heavy atom. The maximum atomic E-state index is 13.2. The van der Waals surface area contributed by atoms with Crippen molar-refractivity contribution >= 4 is 0 Å². The van der Waals surface area contributed by atoms with Crippen LogP contribution in [0.2, 0.25) is 0 Å². The number of aromatic hydroxyl groups is 1. The molecule has 2 aromatic carbocycles. The second-order valence-electron chi connectivity index (χ2n) is 4.92. The Bertz CT molecular complexity index is 619. The Kier molecular flexibility index (Phi) is 4.88. The molecule has 0 saturated carbocycles. The van der Waals surface area contributed by atoms with Crippen LogP contribution in [0.1, 0.15) is 24.2 Å². The molecule has 2 rings (SSSR count). The van der Waals surface area contributed by atoms with Crippen molar-refractivity contribution in [2.75, 3.05) is 0 Å². The van der Waals surface area contributed by atoms with Crippen molar-refractivity contribution in [3.05, 3.63) is 65.2 Å². The molecule has 0 saturated heterocycles. The molecule has 0 heterocycles. The molecule has 0 radical (unpaired) electrons. The summed E-state index contributed by atoms with van der Waals surface area (Å²) in [5.74, 6) is -1.76. The summed E-state index contributed by atoms with van der Waals surface area (Å²) in [5.41, 5.74) is 0.994. The quantitative estimate of drug-likeness (QED) is 0.794. The first-order valence-electron chi connectivity index (χ1n) is 6.62. The predicted molar refractivity (Wildman–Crippen MR) is 75.7 cm³/mol. The van der Waals surface area contributed by atoms with Crippen LogP contribution in [-0.4, -0.2) is 16.3 Å². The van der Waals surface area contributed by atoms with Crippen LogP contribution in [-0.2, 0) is 6.54 Å². The number of rotatable bonds is 5. The molecule has 0 aromatic heterocycles. The Hall–Kier alpha value is -1.98. The van der Waals surface area contributed by atoms with Gasteiger partial charge in [-0.2, -0.15) is 0 Å². The van der Waals surface area contributed by atoms with Gasteiger partial charge in [0, 0.05) is 18.2 Å². The number of hydrogen-bond donors (Lipinski definition) is 3. The van der Waals surface area contributed by atoms with E-state index in [1.165, 1.54) is 6.07 Å². The summed E-state index contributed by atoms with van der Waals surface area (Å²) in [6.45, 7) is 2.08. The van der Waals surface area contributed by atoms with Crippen molar-refractivity contribution in [3.63, 3.8) is 0 Å². The molecule has 3 N–H and O–H groups in total. The lowest BCUT2D eigenvalue weighted by molar-refractivity contribution is 0.134. The van der Waals surface area contributed by atoms with Gasteiger partial charge < -0.3 is 15.5 Å². The van der Waals surface area contributed by atoms with Crippen molar-refractivity contribution in [1.29, 1.82) is 0 Å². The number of benzene rings is 2. The summed E-state index contributed by atoms with van der Waals surface area (Å²) >= 11 is 0. The summed E-state index contributed by atoms with van der Waals surface area (Å²) in [6, 6.07) is 9.79. The fourth-order valence-corrected chi connectivity index (χ4v) is 2.03. The number of nitrogens with one attached hydrogen (secondary N) is 1. The molecular formula is C16H17F2NO2. The highest BCUT2D eigenvalue weighted by Gasteiger charge is 2.17. The molecule has 21 heavy (non-hydrogen) atoms. The summed E-state index contributed by atoms with van der Waals surface area (Å²) in [7, 11) is 0. The average Bonchev–Trinajstić information content (AvgIpc) is 2.48. The number of phenols is 1. The van der Waals surface area contributed by atoms with Gasteiger partial charge in [-0.15, -0.1) is 0 Å². The SMILES string of the molecule is CC(NCc1ccccc1O)C(O)c1ccc(F)c(F)c1. The molecule has 2 atom stereocenters. The summed E-state index contributed by atoms with van der Waals surface area (Å²) in [6.07, 6.45) is -0.981. The number of para-hydroxylation sites is 1. The maximum absolute atomic E-state index is 13.2. The molecule has 0 amide bonds. The first kappa shape index (κ1) is 15.4. The van der Waals surface area contributed by atoms with Crippen LogP contribution < -0.4 is 5.32 Å². The number of hydrogen-bond acceptors (Lipinski definition) is 3. The van der Waals surface area contributed by atoms with Crippen LogP contribution in [0.4, 0.5) is 8.78 Å². The van der Waals surface area contributed by atoms with Crippen LogP contribution in [0.25, 0.3) is 0 Å². The molecule has 3 nitrogen and oxygen atoms in total. The van der Waals surface area contributed by atoms with E-state index in [1.807, 2.05) is 0 Å². The molecule has 5 heteroatoms. The molecule has 2 unspecified atom stereocenters. The lowest BCUT2D eigenvalue weighted by Gasteiger charge is -2.21. The maximum Gasteiger partial charge on any atom is 0.159 e. The van der Waals surface area contributed by atoms with E-state index >= 15 is 0 Å². The van der Waals surface area contributed by atoms with Gasteiger partial charge in [0.05, 0.1) is 6.10 Å². The van der Waals surface area contributed by atoms with Crippen LogP contribution in [0.3, 0.4) is 0 Å². The van der Waals surface area contributed by atoms with Crippen molar-refractivity contribution in [3.8, 4) is 5.75 Å². The number of aliphatic hydroxyl groups excluding tert-OH is 1. The van der Waals surface area contributed by atoms with E-state index in [9.17, 15) is 19.0 Å². The van der Waals surface area contributed by atoms with E-state index in [0.717, 1.165) is 12.1 Å². The molecule has 2 aromatic rings. The van der Waals surface area contributed by atoms with Gasteiger partial charge in [-0.05, 0) is 30.7 Å². The third-order valence-corrected chi connectivity index (χ3v) is 3.36. The Labute approximate surface area is 121 Å². The van der Waals surface area contributed by atoms with Crippen LogP contribution >= 0.6 is 0 Å². The van der Waals surface area contributed by atoms with Gasteiger partial charge in [0.25, 0.3) is 0 Å². The molecule has 0 fully saturated rings. The van der Waals surface area contributed by atoms with Crippen molar-refractivity contribution in [1.82, 2.24) is 5.32 Å².